The van der Waals surface area contributed by atoms with E-state index in [2.05, 4.69) is 10.2 Å². The molecule has 20 heavy (non-hydrogen) atoms. The molecule has 0 N–H and O–H groups in total. The lowest BCUT2D eigenvalue weighted by atomic mass is 10.2. The van der Waals surface area contributed by atoms with E-state index in [1.165, 1.54) is 0 Å². The van der Waals surface area contributed by atoms with Gasteiger partial charge in [-0.3, -0.25) is 0 Å². The summed E-state index contributed by atoms with van der Waals surface area (Å²) in [5, 5.41) is 8.69. The molecule has 0 radical (unpaired) electrons. The highest BCUT2D eigenvalue weighted by atomic mass is 35.5. The standard InChI is InChI=1S/C15H17ClN2O2/c1-11-10-15(18-17-12(11)2)20-9-3-8-19-14-6-4-13(16)5-7-14/h4-7,10H,3,8-9H2,1-2H3. The molecule has 0 aliphatic heterocycles. The van der Waals surface area contributed by atoms with Gasteiger partial charge in [-0.15, -0.1) is 5.10 Å². The molecular formula is C15H17ClN2O2. The van der Waals surface area contributed by atoms with Crippen LogP contribution in [0.1, 0.15) is 17.7 Å². The lowest BCUT2D eigenvalue weighted by molar-refractivity contribution is 0.240. The van der Waals surface area contributed by atoms with Gasteiger partial charge in [0.05, 0.1) is 18.9 Å². The summed E-state index contributed by atoms with van der Waals surface area (Å²) >= 11 is 5.80. The smallest absolute Gasteiger partial charge is 0.233 e. The third-order valence-electron chi connectivity index (χ3n) is 2.83. The van der Waals surface area contributed by atoms with Crippen molar-refractivity contribution >= 4 is 11.6 Å². The number of hydrogen-bond donors (Lipinski definition) is 0. The van der Waals surface area contributed by atoms with Gasteiger partial charge in [-0.2, -0.15) is 5.10 Å². The number of nitrogens with zero attached hydrogens (tertiary/aromatic N) is 2. The fourth-order valence-electron chi connectivity index (χ4n) is 1.55. The number of rotatable bonds is 6. The lowest BCUT2D eigenvalue weighted by Crippen LogP contribution is -2.06. The van der Waals surface area contributed by atoms with Gasteiger partial charge < -0.3 is 9.47 Å². The Balaban J connectivity index is 1.68. The van der Waals surface area contributed by atoms with Crippen molar-refractivity contribution in [2.75, 3.05) is 13.2 Å². The summed E-state index contributed by atoms with van der Waals surface area (Å²) in [5.41, 5.74) is 2.00. The summed E-state index contributed by atoms with van der Waals surface area (Å²) in [5.74, 6) is 1.36. The molecule has 5 heteroatoms. The summed E-state index contributed by atoms with van der Waals surface area (Å²) in [6, 6.07) is 9.19. The Hall–Kier alpha value is -1.81. The van der Waals surface area contributed by atoms with Gasteiger partial charge in [-0.05, 0) is 43.7 Å². The molecule has 0 saturated carbocycles. The second-order valence-corrected chi connectivity index (χ2v) is 4.89. The van der Waals surface area contributed by atoms with E-state index in [1.807, 2.05) is 32.0 Å². The molecule has 0 bridgehead atoms. The number of aromatic nitrogens is 2. The molecule has 0 aliphatic carbocycles. The highest BCUT2D eigenvalue weighted by Gasteiger charge is 2.00. The highest BCUT2D eigenvalue weighted by molar-refractivity contribution is 6.30. The fraction of sp³-hybridized carbons (Fsp3) is 0.333. The van der Waals surface area contributed by atoms with Crippen molar-refractivity contribution in [1.82, 2.24) is 10.2 Å². The summed E-state index contributed by atoms with van der Waals surface area (Å²) in [6.07, 6.45) is 0.775. The van der Waals surface area contributed by atoms with Crippen molar-refractivity contribution in [3.05, 3.63) is 46.6 Å². The van der Waals surface area contributed by atoms with Crippen LogP contribution in [0.25, 0.3) is 0 Å². The van der Waals surface area contributed by atoms with Crippen molar-refractivity contribution in [1.29, 1.82) is 0 Å². The largest absolute Gasteiger partial charge is 0.493 e. The molecular weight excluding hydrogens is 276 g/mol. The van der Waals surface area contributed by atoms with Crippen LogP contribution < -0.4 is 9.47 Å². The first-order chi connectivity index (χ1) is 9.65. The van der Waals surface area contributed by atoms with Crippen molar-refractivity contribution in [3.63, 3.8) is 0 Å². The summed E-state index contributed by atoms with van der Waals surface area (Å²) in [6.45, 7) is 5.04. The van der Waals surface area contributed by atoms with Crippen LogP contribution in [0.5, 0.6) is 11.6 Å². The normalized spacial score (nSPS) is 10.3. The van der Waals surface area contributed by atoms with Crippen molar-refractivity contribution in [3.8, 4) is 11.6 Å². The van der Waals surface area contributed by atoms with Gasteiger partial charge in [0.15, 0.2) is 0 Å². The molecule has 4 nitrogen and oxygen atoms in total. The van der Waals surface area contributed by atoms with E-state index in [0.717, 1.165) is 23.4 Å². The van der Waals surface area contributed by atoms with Gasteiger partial charge in [0, 0.05) is 17.5 Å². The van der Waals surface area contributed by atoms with E-state index in [1.54, 1.807) is 12.1 Å². The molecule has 1 aromatic carbocycles. The third kappa shape index (κ3) is 4.38. The number of hydrogen-bond acceptors (Lipinski definition) is 4. The Bertz CT molecular complexity index is 558. The Morgan fingerprint density at radius 1 is 1.00 bits per heavy atom. The highest BCUT2D eigenvalue weighted by Crippen LogP contribution is 2.15. The summed E-state index contributed by atoms with van der Waals surface area (Å²) < 4.78 is 11.1. The van der Waals surface area contributed by atoms with E-state index in [9.17, 15) is 0 Å². The van der Waals surface area contributed by atoms with E-state index >= 15 is 0 Å². The maximum Gasteiger partial charge on any atom is 0.233 e. The second kappa shape index (κ2) is 7.10. The van der Waals surface area contributed by atoms with Crippen LogP contribution in [-0.2, 0) is 0 Å². The number of benzene rings is 1. The first-order valence-electron chi connectivity index (χ1n) is 6.47. The van der Waals surface area contributed by atoms with Crippen LogP contribution in [0.3, 0.4) is 0 Å². The van der Waals surface area contributed by atoms with Crippen LogP contribution in [0.2, 0.25) is 5.02 Å². The molecule has 0 amide bonds. The number of aryl methyl sites for hydroxylation is 2. The first-order valence-corrected chi connectivity index (χ1v) is 6.85. The molecule has 106 valence electrons. The zero-order chi connectivity index (χ0) is 14.4. The fourth-order valence-corrected chi connectivity index (χ4v) is 1.67. The average molecular weight is 293 g/mol. The average Bonchev–Trinajstić information content (AvgIpc) is 2.44. The Morgan fingerprint density at radius 2 is 1.70 bits per heavy atom. The van der Waals surface area contributed by atoms with Crippen LogP contribution >= 0.6 is 11.6 Å². The minimum atomic E-state index is 0.546. The first kappa shape index (κ1) is 14.6. The van der Waals surface area contributed by atoms with E-state index in [0.29, 0.717) is 24.1 Å². The van der Waals surface area contributed by atoms with Crippen LogP contribution in [0.15, 0.2) is 30.3 Å². The van der Waals surface area contributed by atoms with Gasteiger partial charge in [0.2, 0.25) is 5.88 Å². The topological polar surface area (TPSA) is 44.2 Å². The molecule has 1 heterocycles. The van der Waals surface area contributed by atoms with E-state index in [4.69, 9.17) is 21.1 Å². The van der Waals surface area contributed by atoms with E-state index < -0.39 is 0 Å². The SMILES string of the molecule is Cc1cc(OCCCOc2ccc(Cl)cc2)nnc1C. The molecule has 0 saturated heterocycles. The van der Waals surface area contributed by atoms with Crippen molar-refractivity contribution < 1.29 is 9.47 Å². The predicted molar refractivity (Wildman–Crippen MR) is 78.6 cm³/mol. The molecule has 2 aromatic rings. The maximum absolute atomic E-state index is 5.80. The molecule has 1 aromatic heterocycles. The lowest BCUT2D eigenvalue weighted by Gasteiger charge is -2.08. The Morgan fingerprint density at radius 3 is 2.40 bits per heavy atom. The van der Waals surface area contributed by atoms with Crippen LogP contribution in [-0.4, -0.2) is 23.4 Å². The van der Waals surface area contributed by atoms with Gasteiger partial charge in [0.25, 0.3) is 0 Å². The maximum atomic E-state index is 5.80. The van der Waals surface area contributed by atoms with Crippen LogP contribution in [0.4, 0.5) is 0 Å². The van der Waals surface area contributed by atoms with Gasteiger partial charge in [0.1, 0.15) is 5.75 Å². The van der Waals surface area contributed by atoms with Crippen molar-refractivity contribution in [2.24, 2.45) is 0 Å². The monoisotopic (exact) mass is 292 g/mol. The Kier molecular flexibility index (Phi) is 5.18. The number of halogens is 1. The van der Waals surface area contributed by atoms with Gasteiger partial charge in [-0.25, -0.2) is 0 Å². The quantitative estimate of drug-likeness (QED) is 0.763. The molecule has 0 fully saturated rings. The minimum absolute atomic E-state index is 0.546. The molecule has 0 atom stereocenters. The van der Waals surface area contributed by atoms with Gasteiger partial charge >= 0.3 is 0 Å². The molecule has 0 spiro atoms. The zero-order valence-corrected chi connectivity index (χ0v) is 12.4. The van der Waals surface area contributed by atoms with E-state index in [-0.39, 0.29) is 0 Å². The molecule has 0 aliphatic rings. The van der Waals surface area contributed by atoms with Gasteiger partial charge in [-0.1, -0.05) is 11.6 Å². The van der Waals surface area contributed by atoms with Crippen molar-refractivity contribution in [2.45, 2.75) is 20.3 Å². The minimum Gasteiger partial charge on any atom is -0.493 e. The zero-order valence-electron chi connectivity index (χ0n) is 11.6. The summed E-state index contributed by atoms with van der Waals surface area (Å²) in [7, 11) is 0. The second-order valence-electron chi connectivity index (χ2n) is 4.46. The predicted octanol–water partition coefficient (Wildman–Crippen LogP) is 3.59. The molecule has 2 rings (SSSR count). The third-order valence-corrected chi connectivity index (χ3v) is 3.08. The molecule has 0 unspecified atom stereocenters. The summed E-state index contributed by atoms with van der Waals surface area (Å²) in [4.78, 5) is 0. The van der Waals surface area contributed by atoms with Crippen LogP contribution in [0, 0.1) is 13.8 Å². The Labute approximate surface area is 123 Å². The number of ether oxygens (including phenoxy) is 2.